The minimum atomic E-state index is -4.46. The number of imidazole rings is 1. The van der Waals surface area contributed by atoms with Crippen molar-refractivity contribution in [1.82, 2.24) is 4.57 Å². The zero-order valence-corrected chi connectivity index (χ0v) is 17.2. The van der Waals surface area contributed by atoms with E-state index < -0.39 is 17.6 Å². The number of aromatic nitrogens is 2. The monoisotopic (exact) mass is 454 g/mol. The summed E-state index contributed by atoms with van der Waals surface area (Å²) in [7, 11) is 0. The maximum Gasteiger partial charge on any atom is 0.416 e. The largest absolute Gasteiger partial charge is 0.416 e. The molecular formula is C21H17Cl2F3N3O+. The highest BCUT2D eigenvalue weighted by atomic mass is 35.5. The van der Waals surface area contributed by atoms with E-state index in [1.54, 1.807) is 12.1 Å². The molecule has 1 N–H and O–H groups in total. The van der Waals surface area contributed by atoms with Crippen LogP contribution >= 0.6 is 23.2 Å². The number of benzene rings is 2. The second-order valence-electron chi connectivity index (χ2n) is 7.07. The predicted molar refractivity (Wildman–Crippen MR) is 108 cm³/mol. The van der Waals surface area contributed by atoms with Crippen molar-refractivity contribution in [2.45, 2.75) is 32.1 Å². The molecule has 30 heavy (non-hydrogen) atoms. The van der Waals surface area contributed by atoms with Crippen LogP contribution in [0.5, 0.6) is 0 Å². The first kappa shape index (κ1) is 20.8. The second-order valence-corrected chi connectivity index (χ2v) is 7.88. The Kier molecular flexibility index (Phi) is 5.51. The van der Waals surface area contributed by atoms with Gasteiger partial charge in [0, 0.05) is 11.3 Å². The smallest absolute Gasteiger partial charge is 0.323 e. The van der Waals surface area contributed by atoms with Crippen LogP contribution < -0.4 is 9.88 Å². The molecule has 2 heterocycles. The number of nitrogens with zero attached hydrogens (tertiary/aromatic N) is 2. The molecule has 4 nitrogen and oxygen atoms in total. The molecule has 0 bridgehead atoms. The first-order valence-electron chi connectivity index (χ1n) is 9.27. The van der Waals surface area contributed by atoms with Crippen LogP contribution in [0.1, 0.15) is 17.8 Å². The highest BCUT2D eigenvalue weighted by Gasteiger charge is 2.31. The van der Waals surface area contributed by atoms with Crippen LogP contribution in [-0.4, -0.2) is 10.5 Å². The molecule has 3 aromatic rings. The van der Waals surface area contributed by atoms with Crippen molar-refractivity contribution in [3.8, 4) is 11.3 Å². The summed E-state index contributed by atoms with van der Waals surface area (Å²) >= 11 is 12.2. The van der Waals surface area contributed by atoms with Gasteiger partial charge in [0.05, 0.1) is 28.6 Å². The highest BCUT2D eigenvalue weighted by Crippen LogP contribution is 2.31. The van der Waals surface area contributed by atoms with E-state index in [9.17, 15) is 18.0 Å². The van der Waals surface area contributed by atoms with Gasteiger partial charge in [0.15, 0.2) is 12.2 Å². The number of hydrogen-bond acceptors (Lipinski definition) is 1. The molecule has 0 spiro atoms. The number of nitrogens with one attached hydrogen (secondary N) is 1. The number of fused-ring (bicyclic) bond motifs is 1. The minimum Gasteiger partial charge on any atom is -0.323 e. The van der Waals surface area contributed by atoms with Gasteiger partial charge in [-0.25, -0.2) is 9.13 Å². The van der Waals surface area contributed by atoms with Crippen molar-refractivity contribution in [2.75, 3.05) is 5.32 Å². The molecule has 1 aromatic heterocycles. The maximum absolute atomic E-state index is 12.9. The Labute approximate surface area is 180 Å². The van der Waals surface area contributed by atoms with Crippen LogP contribution in [0, 0.1) is 0 Å². The van der Waals surface area contributed by atoms with Gasteiger partial charge in [0.2, 0.25) is 0 Å². The highest BCUT2D eigenvalue weighted by molar-refractivity contribution is 6.42. The molecule has 4 rings (SSSR count). The Bertz CT molecular complexity index is 1130. The van der Waals surface area contributed by atoms with E-state index >= 15 is 0 Å². The number of carbonyl (C=O) groups excluding carboxylic acids is 1. The Morgan fingerprint density at radius 1 is 1.13 bits per heavy atom. The summed E-state index contributed by atoms with van der Waals surface area (Å²) in [6.45, 7) is 0.806. The SMILES string of the molecule is O=C(C[n+]1cc(-c2ccc(Cl)c(Cl)c2)n2c1CCC2)Nc1cccc(C(F)(F)F)c1. The van der Waals surface area contributed by atoms with Crippen LogP contribution in [0.25, 0.3) is 11.3 Å². The molecule has 156 valence electrons. The summed E-state index contributed by atoms with van der Waals surface area (Å²) < 4.78 is 42.6. The number of rotatable bonds is 4. The van der Waals surface area contributed by atoms with Crippen LogP contribution in [0.15, 0.2) is 48.7 Å². The molecule has 2 aromatic carbocycles. The van der Waals surface area contributed by atoms with Gasteiger partial charge in [0.25, 0.3) is 11.7 Å². The van der Waals surface area contributed by atoms with Crippen LogP contribution in [0.2, 0.25) is 10.0 Å². The van der Waals surface area contributed by atoms with Crippen molar-refractivity contribution < 1.29 is 22.5 Å². The number of anilines is 1. The molecular weight excluding hydrogens is 438 g/mol. The van der Waals surface area contributed by atoms with E-state index in [0.717, 1.165) is 48.6 Å². The van der Waals surface area contributed by atoms with E-state index in [0.29, 0.717) is 10.0 Å². The van der Waals surface area contributed by atoms with Gasteiger partial charge in [-0.3, -0.25) is 4.79 Å². The Morgan fingerprint density at radius 2 is 1.93 bits per heavy atom. The summed E-state index contributed by atoms with van der Waals surface area (Å²) in [6.07, 6.45) is -0.856. The quantitative estimate of drug-likeness (QED) is 0.529. The van der Waals surface area contributed by atoms with Gasteiger partial charge in [-0.15, -0.1) is 0 Å². The van der Waals surface area contributed by atoms with Crippen molar-refractivity contribution in [2.24, 2.45) is 0 Å². The van der Waals surface area contributed by atoms with E-state index in [-0.39, 0.29) is 12.2 Å². The van der Waals surface area contributed by atoms with Crippen molar-refractivity contribution >= 4 is 34.8 Å². The van der Waals surface area contributed by atoms with Gasteiger partial charge in [-0.05, 0) is 42.8 Å². The molecule has 1 aliphatic rings. The van der Waals surface area contributed by atoms with Crippen molar-refractivity contribution in [3.05, 3.63) is 70.1 Å². The molecule has 1 amide bonds. The first-order chi connectivity index (χ1) is 14.2. The van der Waals surface area contributed by atoms with Gasteiger partial charge >= 0.3 is 6.18 Å². The third kappa shape index (κ3) is 4.18. The number of halogens is 5. The number of alkyl halides is 3. The lowest BCUT2D eigenvalue weighted by Gasteiger charge is -2.09. The lowest BCUT2D eigenvalue weighted by atomic mass is 10.1. The fraction of sp³-hybridized carbons (Fsp3) is 0.238. The predicted octanol–water partition coefficient (Wildman–Crippen LogP) is 5.35. The van der Waals surface area contributed by atoms with Gasteiger partial charge in [-0.2, -0.15) is 13.2 Å². The fourth-order valence-corrected chi connectivity index (χ4v) is 3.96. The summed E-state index contributed by atoms with van der Waals surface area (Å²) in [6, 6.07) is 9.95. The van der Waals surface area contributed by atoms with E-state index in [2.05, 4.69) is 9.88 Å². The van der Waals surface area contributed by atoms with Crippen LogP contribution in [0.3, 0.4) is 0 Å². The average molecular weight is 455 g/mol. The lowest BCUT2D eigenvalue weighted by molar-refractivity contribution is -0.690. The Balaban J connectivity index is 1.57. The molecule has 0 fully saturated rings. The summed E-state index contributed by atoms with van der Waals surface area (Å²) in [4.78, 5) is 12.5. The van der Waals surface area contributed by atoms with Crippen LogP contribution in [0.4, 0.5) is 18.9 Å². The molecule has 9 heteroatoms. The van der Waals surface area contributed by atoms with Crippen molar-refractivity contribution in [3.63, 3.8) is 0 Å². The fourth-order valence-electron chi connectivity index (χ4n) is 3.66. The van der Waals surface area contributed by atoms with E-state index in [4.69, 9.17) is 23.2 Å². The molecule has 0 unspecified atom stereocenters. The number of amides is 1. The molecule has 0 atom stereocenters. The normalized spacial score (nSPS) is 13.4. The third-order valence-electron chi connectivity index (χ3n) is 5.00. The molecule has 0 radical (unpaired) electrons. The molecule has 0 saturated heterocycles. The Hall–Kier alpha value is -2.51. The zero-order valence-electron chi connectivity index (χ0n) is 15.6. The summed E-state index contributed by atoms with van der Waals surface area (Å²) in [5.74, 6) is 0.579. The van der Waals surface area contributed by atoms with Crippen molar-refractivity contribution in [1.29, 1.82) is 0 Å². The number of carbonyl (C=O) groups is 1. The number of hydrogen-bond donors (Lipinski definition) is 1. The lowest BCUT2D eigenvalue weighted by Crippen LogP contribution is -2.42. The second kappa shape index (κ2) is 7.96. The van der Waals surface area contributed by atoms with Gasteiger partial charge in [-0.1, -0.05) is 29.3 Å². The van der Waals surface area contributed by atoms with Gasteiger partial charge < -0.3 is 5.32 Å². The summed E-state index contributed by atoms with van der Waals surface area (Å²) in [5.41, 5.74) is 1.09. The topological polar surface area (TPSA) is 37.9 Å². The van der Waals surface area contributed by atoms with E-state index in [1.165, 1.54) is 12.1 Å². The van der Waals surface area contributed by atoms with Crippen LogP contribution in [-0.2, 0) is 30.5 Å². The summed E-state index contributed by atoms with van der Waals surface area (Å²) in [5, 5.41) is 3.45. The first-order valence-corrected chi connectivity index (χ1v) is 10.0. The van der Waals surface area contributed by atoms with Gasteiger partial charge in [0.1, 0.15) is 6.20 Å². The maximum atomic E-state index is 12.9. The minimum absolute atomic E-state index is 0.00704. The average Bonchev–Trinajstić information content (AvgIpc) is 3.27. The third-order valence-corrected chi connectivity index (χ3v) is 5.74. The Morgan fingerprint density at radius 3 is 2.67 bits per heavy atom. The standard InChI is InChI=1S/C21H16Cl2F3N3O/c22-16-7-6-13(9-17(16)23)18-11-28(20-5-2-8-29(18)20)12-19(30)27-15-4-1-3-14(10-15)21(24,25)26/h1,3-4,6-7,9-11H,2,5,8,12H2/p+1. The molecule has 0 saturated carbocycles. The van der Waals surface area contributed by atoms with E-state index in [1.807, 2.05) is 16.8 Å². The zero-order chi connectivity index (χ0) is 21.5. The molecule has 0 aliphatic carbocycles. The molecule has 1 aliphatic heterocycles.